The van der Waals surface area contributed by atoms with Crippen LogP contribution in [-0.4, -0.2) is 42.4 Å². The number of hydrogen-bond donors (Lipinski definition) is 4. The monoisotopic (exact) mass is 335 g/mol. The van der Waals surface area contributed by atoms with Gasteiger partial charge in [0.25, 0.3) is 11.5 Å². The van der Waals surface area contributed by atoms with Gasteiger partial charge in [0.05, 0.1) is 18.5 Å². The second kappa shape index (κ2) is 5.55. The van der Waals surface area contributed by atoms with E-state index in [0.29, 0.717) is 0 Å². The predicted molar refractivity (Wildman–Crippen MR) is 72.2 cm³/mol. The number of pyridine rings is 1. The number of halogens is 2. The molecule has 2 aromatic rings. The highest BCUT2D eigenvalue weighted by molar-refractivity contribution is 7.89. The first kappa shape index (κ1) is 16.2. The molecule has 0 unspecified atom stereocenters. The normalized spacial score (nSPS) is 12.7. The summed E-state index contributed by atoms with van der Waals surface area (Å²) >= 11 is 0. The van der Waals surface area contributed by atoms with Gasteiger partial charge in [-0.25, -0.2) is 31.7 Å². The van der Waals surface area contributed by atoms with E-state index >= 15 is 0 Å². The van der Waals surface area contributed by atoms with E-state index < -0.39 is 45.2 Å². The minimum Gasteiger partial charge on any atom is -0.325 e. The topological polar surface area (TPSA) is 151 Å². The number of sulfonamides is 1. The zero-order valence-electron chi connectivity index (χ0n) is 10.9. The quantitative estimate of drug-likeness (QED) is 0.521. The number of aromatic amines is 2. The van der Waals surface area contributed by atoms with Gasteiger partial charge in [-0.2, -0.15) is 0 Å². The molecule has 2 aromatic heterocycles. The number of hydrogen-bond acceptors (Lipinski definition) is 6. The summed E-state index contributed by atoms with van der Waals surface area (Å²) in [5.41, 5.74) is 3.03. The van der Waals surface area contributed by atoms with Crippen LogP contribution in [0.5, 0.6) is 0 Å². The molecule has 0 saturated carbocycles. The van der Waals surface area contributed by atoms with Crippen molar-refractivity contribution < 1.29 is 17.2 Å². The largest absolute Gasteiger partial charge is 0.327 e. The Bertz CT molecular complexity index is 921. The molecule has 0 bridgehead atoms. The Hall–Kier alpha value is -2.18. The Labute approximate surface area is 121 Å². The highest BCUT2D eigenvalue weighted by Crippen LogP contribution is 2.14. The number of rotatable bonds is 5. The Balaban J connectivity index is 2.42. The van der Waals surface area contributed by atoms with Crippen molar-refractivity contribution in [3.63, 3.8) is 0 Å². The molecular formula is C10H11F2N5O4S. The number of fused-ring (bicyclic) bond motifs is 1. The van der Waals surface area contributed by atoms with Crippen LogP contribution < -0.4 is 21.7 Å². The van der Waals surface area contributed by atoms with Gasteiger partial charge < -0.3 is 5.73 Å². The fourth-order valence-electron chi connectivity index (χ4n) is 1.53. The fraction of sp³-hybridized carbons (Fsp3) is 0.300. The van der Waals surface area contributed by atoms with Crippen LogP contribution in [0.3, 0.4) is 0 Å². The average Bonchev–Trinajstić information content (AvgIpc) is 2.45. The summed E-state index contributed by atoms with van der Waals surface area (Å²) in [7, 11) is -4.31. The van der Waals surface area contributed by atoms with E-state index in [0.717, 1.165) is 12.3 Å². The Morgan fingerprint density at radius 2 is 2.00 bits per heavy atom. The first-order chi connectivity index (χ1) is 10.1. The summed E-state index contributed by atoms with van der Waals surface area (Å²) in [5.74, 6) is -3.40. The van der Waals surface area contributed by atoms with E-state index in [9.17, 15) is 26.8 Å². The van der Waals surface area contributed by atoms with E-state index in [2.05, 4.69) is 9.97 Å². The lowest BCUT2D eigenvalue weighted by Crippen LogP contribution is -2.41. The number of nitrogens with two attached hydrogens (primary N) is 1. The van der Waals surface area contributed by atoms with Crippen molar-refractivity contribution >= 4 is 21.1 Å². The molecule has 0 radical (unpaired) electrons. The minimum atomic E-state index is -4.31. The van der Waals surface area contributed by atoms with Gasteiger partial charge in [0.2, 0.25) is 10.0 Å². The highest BCUT2D eigenvalue weighted by atomic mass is 32.2. The van der Waals surface area contributed by atoms with E-state index in [1.165, 1.54) is 0 Å². The van der Waals surface area contributed by atoms with Crippen molar-refractivity contribution in [2.75, 3.05) is 13.1 Å². The van der Waals surface area contributed by atoms with Gasteiger partial charge in [-0.3, -0.25) is 14.8 Å². The highest BCUT2D eigenvalue weighted by Gasteiger charge is 2.29. The van der Waals surface area contributed by atoms with Crippen LogP contribution in [0.25, 0.3) is 11.0 Å². The number of nitrogens with zero attached hydrogens (tertiary/aromatic N) is 1. The molecule has 0 fully saturated rings. The lowest BCUT2D eigenvalue weighted by atomic mass is 10.3. The third kappa shape index (κ3) is 3.35. The molecule has 0 aliphatic carbocycles. The molecule has 0 spiro atoms. The summed E-state index contributed by atoms with van der Waals surface area (Å²) in [6.45, 7) is -2.21. The van der Waals surface area contributed by atoms with Crippen LogP contribution in [0.1, 0.15) is 0 Å². The predicted octanol–water partition coefficient (Wildman–Crippen LogP) is -1.52. The lowest BCUT2D eigenvalue weighted by Gasteiger charge is -2.14. The summed E-state index contributed by atoms with van der Waals surface area (Å²) in [6.07, 6.45) is 0.834. The molecule has 120 valence electrons. The molecule has 0 aromatic carbocycles. The summed E-state index contributed by atoms with van der Waals surface area (Å²) in [5, 5.41) is -0.201. The fourth-order valence-corrected chi connectivity index (χ4v) is 2.56. The third-order valence-corrected chi connectivity index (χ3v) is 4.06. The average molecular weight is 335 g/mol. The first-order valence-corrected chi connectivity index (χ1v) is 7.33. The van der Waals surface area contributed by atoms with Crippen LogP contribution in [0.2, 0.25) is 0 Å². The van der Waals surface area contributed by atoms with Gasteiger partial charge in [-0.1, -0.05) is 0 Å². The van der Waals surface area contributed by atoms with Crippen molar-refractivity contribution in [1.82, 2.24) is 19.7 Å². The molecule has 12 heteroatoms. The number of H-pyrrole nitrogens is 2. The second-order valence-corrected chi connectivity index (χ2v) is 6.13. The standard InChI is InChI=1S/C10H11F2N5O4S/c11-10(12,3-13)4-15-22(20,21)5-1-6-7(14-2-5)16-9(19)17-8(6)18/h1-2,15H,3-4,13H2,(H2,14,16,17,18,19). The Morgan fingerprint density at radius 1 is 1.32 bits per heavy atom. The third-order valence-electron chi connectivity index (χ3n) is 2.70. The maximum Gasteiger partial charge on any atom is 0.327 e. The summed E-state index contributed by atoms with van der Waals surface area (Å²) < 4.78 is 51.5. The van der Waals surface area contributed by atoms with E-state index in [1.54, 1.807) is 4.72 Å². The smallest absolute Gasteiger partial charge is 0.325 e. The SMILES string of the molecule is NCC(F)(F)CNS(=O)(=O)c1cnc2[nH]c(=O)[nH]c(=O)c2c1. The van der Waals surface area contributed by atoms with E-state index in [-0.39, 0.29) is 11.0 Å². The molecule has 9 nitrogen and oxygen atoms in total. The van der Waals surface area contributed by atoms with Crippen molar-refractivity contribution in [3.8, 4) is 0 Å². The van der Waals surface area contributed by atoms with Crippen molar-refractivity contribution in [2.45, 2.75) is 10.8 Å². The lowest BCUT2D eigenvalue weighted by molar-refractivity contribution is 0.0170. The molecular weight excluding hydrogens is 324 g/mol. The van der Waals surface area contributed by atoms with E-state index in [4.69, 9.17) is 5.73 Å². The van der Waals surface area contributed by atoms with Crippen LogP contribution in [-0.2, 0) is 10.0 Å². The Morgan fingerprint density at radius 3 is 2.64 bits per heavy atom. The molecule has 0 aliphatic heterocycles. The number of aromatic nitrogens is 3. The molecule has 0 aliphatic rings. The van der Waals surface area contributed by atoms with Gasteiger partial charge in [0.15, 0.2) is 0 Å². The van der Waals surface area contributed by atoms with E-state index in [1.807, 2.05) is 4.98 Å². The maximum atomic E-state index is 13.0. The second-order valence-electron chi connectivity index (χ2n) is 4.36. The van der Waals surface area contributed by atoms with Crippen LogP contribution >= 0.6 is 0 Å². The van der Waals surface area contributed by atoms with Gasteiger partial charge in [0, 0.05) is 6.20 Å². The van der Waals surface area contributed by atoms with Crippen molar-refractivity contribution in [2.24, 2.45) is 5.73 Å². The molecule has 0 saturated heterocycles. The summed E-state index contributed by atoms with van der Waals surface area (Å²) in [4.78, 5) is 29.9. The first-order valence-electron chi connectivity index (χ1n) is 5.84. The molecule has 22 heavy (non-hydrogen) atoms. The van der Waals surface area contributed by atoms with Crippen LogP contribution in [0.4, 0.5) is 8.78 Å². The van der Waals surface area contributed by atoms with Gasteiger partial charge in [-0.15, -0.1) is 0 Å². The Kier molecular flexibility index (Phi) is 4.08. The van der Waals surface area contributed by atoms with Crippen molar-refractivity contribution in [1.29, 1.82) is 0 Å². The van der Waals surface area contributed by atoms with Gasteiger partial charge in [-0.05, 0) is 6.07 Å². The molecule has 0 atom stereocenters. The zero-order chi connectivity index (χ0) is 16.5. The van der Waals surface area contributed by atoms with Gasteiger partial charge >= 0.3 is 5.69 Å². The molecule has 0 amide bonds. The zero-order valence-corrected chi connectivity index (χ0v) is 11.7. The summed E-state index contributed by atoms with van der Waals surface area (Å²) in [6, 6.07) is 0.917. The van der Waals surface area contributed by atoms with Gasteiger partial charge in [0.1, 0.15) is 10.5 Å². The molecule has 2 rings (SSSR count). The van der Waals surface area contributed by atoms with Crippen molar-refractivity contribution in [3.05, 3.63) is 33.1 Å². The maximum absolute atomic E-state index is 13.0. The molecule has 2 heterocycles. The number of alkyl halides is 2. The molecule has 5 N–H and O–H groups in total. The minimum absolute atomic E-state index is 0.125. The number of nitrogens with one attached hydrogen (secondary N) is 3. The van der Waals surface area contributed by atoms with Crippen LogP contribution in [0.15, 0.2) is 26.7 Å². The van der Waals surface area contributed by atoms with Crippen LogP contribution in [0, 0.1) is 0 Å².